The Balaban J connectivity index is 2.22. The Kier molecular flexibility index (Phi) is 12.1. The molecule has 0 saturated carbocycles. The van der Waals surface area contributed by atoms with Crippen LogP contribution in [-0.4, -0.2) is 63.3 Å². The van der Waals surface area contributed by atoms with Gasteiger partial charge in [-0.05, 0) is 38.2 Å². The van der Waals surface area contributed by atoms with Gasteiger partial charge in [0.25, 0.3) is 5.91 Å². The SMILES string of the molecule is CC(C)C(N)C(=O)SCC/C=C/[C@@H]1CC(=O)NCc2nc(cs2)C(=O)NC(C)(C)C(=O)NC(C(C)C)C(=O)O1. The van der Waals surface area contributed by atoms with Crippen molar-refractivity contribution >= 4 is 51.9 Å². The van der Waals surface area contributed by atoms with Gasteiger partial charge < -0.3 is 26.4 Å². The summed E-state index contributed by atoms with van der Waals surface area (Å²) in [5.74, 6) is -2.01. The monoisotopic (exact) mass is 581 g/mol. The van der Waals surface area contributed by atoms with E-state index in [1.807, 2.05) is 13.8 Å². The molecule has 0 radical (unpaired) electrons. The van der Waals surface area contributed by atoms with Gasteiger partial charge in [-0.15, -0.1) is 11.3 Å². The van der Waals surface area contributed by atoms with E-state index in [1.54, 1.807) is 31.4 Å². The molecule has 3 atom stereocenters. The maximum Gasteiger partial charge on any atom is 0.329 e. The second-order valence-electron chi connectivity index (χ2n) is 10.5. The number of hydrogen-bond donors (Lipinski definition) is 4. The first-order valence-corrected chi connectivity index (χ1v) is 14.7. The molecule has 39 heavy (non-hydrogen) atoms. The number of nitrogens with two attached hydrogens (primary N) is 1. The van der Waals surface area contributed by atoms with Crippen molar-refractivity contribution in [3.8, 4) is 0 Å². The number of fused-ring (bicyclic) bond motifs is 2. The lowest BCUT2D eigenvalue weighted by Gasteiger charge is -2.29. The summed E-state index contributed by atoms with van der Waals surface area (Å²) in [5, 5.41) is 10.0. The Morgan fingerprint density at radius 3 is 2.59 bits per heavy atom. The molecule has 0 aliphatic carbocycles. The lowest BCUT2D eigenvalue weighted by molar-refractivity contribution is -0.153. The largest absolute Gasteiger partial charge is 0.456 e. The van der Waals surface area contributed by atoms with Gasteiger partial charge in [0.1, 0.15) is 28.4 Å². The molecule has 1 aromatic rings. The number of thioether (sulfide) groups is 1. The van der Waals surface area contributed by atoms with Crippen molar-refractivity contribution in [2.75, 3.05) is 5.75 Å². The number of nitrogens with one attached hydrogen (secondary N) is 3. The fraction of sp³-hybridized carbons (Fsp3) is 0.615. The molecule has 0 fully saturated rings. The fourth-order valence-electron chi connectivity index (χ4n) is 3.36. The number of nitrogens with zero attached hydrogens (tertiary/aromatic N) is 1. The van der Waals surface area contributed by atoms with Gasteiger partial charge >= 0.3 is 5.97 Å². The average molecular weight is 582 g/mol. The molecule has 3 amide bonds. The van der Waals surface area contributed by atoms with E-state index in [-0.39, 0.29) is 41.5 Å². The fourth-order valence-corrected chi connectivity index (χ4v) is 5.00. The Labute approximate surface area is 237 Å². The summed E-state index contributed by atoms with van der Waals surface area (Å²) >= 11 is 2.34. The van der Waals surface area contributed by atoms with E-state index < -0.39 is 41.5 Å². The molecule has 0 aromatic carbocycles. The quantitative estimate of drug-likeness (QED) is 0.213. The van der Waals surface area contributed by atoms with Crippen LogP contribution in [-0.2, 0) is 30.5 Å². The van der Waals surface area contributed by atoms with Gasteiger partial charge in [0.15, 0.2) is 0 Å². The molecule has 1 aliphatic heterocycles. The number of esters is 1. The van der Waals surface area contributed by atoms with Crippen LogP contribution in [0.3, 0.4) is 0 Å². The standard InChI is InChI=1S/C26H39N5O6S2/c1-14(2)20(27)24(35)38-10-8-7-9-16-11-18(32)28-12-19-29-17(13-39-19)22(33)31-26(5,6)25(36)30-21(15(3)4)23(34)37-16/h7,9,13-16,20-21H,8,10-12,27H2,1-6H3,(H,28,32)(H,30,36)(H,31,33)/b9-7+/t16-,20?,21?/m1/s1. The third-order valence-electron chi connectivity index (χ3n) is 5.95. The second-order valence-corrected chi connectivity index (χ2v) is 12.6. The zero-order valence-electron chi connectivity index (χ0n) is 23.2. The van der Waals surface area contributed by atoms with Crippen molar-refractivity contribution in [2.45, 2.75) is 84.7 Å². The summed E-state index contributed by atoms with van der Waals surface area (Å²) in [6.45, 7) is 10.4. The number of ether oxygens (including phenoxy) is 1. The zero-order chi connectivity index (χ0) is 29.3. The summed E-state index contributed by atoms with van der Waals surface area (Å²) in [5.41, 5.74) is 4.67. The first-order valence-electron chi connectivity index (χ1n) is 12.8. The highest BCUT2D eigenvalue weighted by Crippen LogP contribution is 2.16. The maximum atomic E-state index is 13.1. The van der Waals surface area contributed by atoms with Crippen LogP contribution in [0, 0.1) is 11.8 Å². The van der Waals surface area contributed by atoms with E-state index in [9.17, 15) is 24.0 Å². The van der Waals surface area contributed by atoms with Crippen molar-refractivity contribution in [3.63, 3.8) is 0 Å². The minimum atomic E-state index is -1.34. The topological polar surface area (TPSA) is 170 Å². The maximum absolute atomic E-state index is 13.1. The molecule has 11 nitrogen and oxygen atoms in total. The number of rotatable bonds is 7. The van der Waals surface area contributed by atoms with E-state index in [4.69, 9.17) is 10.5 Å². The summed E-state index contributed by atoms with van der Waals surface area (Å²) in [6.07, 6.45) is 2.80. The smallest absolute Gasteiger partial charge is 0.329 e. The van der Waals surface area contributed by atoms with E-state index >= 15 is 0 Å². The Bertz CT molecular complexity index is 1080. The number of carbonyl (C=O) groups excluding carboxylic acids is 5. The number of hydrogen-bond acceptors (Lipinski definition) is 10. The summed E-state index contributed by atoms with van der Waals surface area (Å²) < 4.78 is 5.66. The Morgan fingerprint density at radius 1 is 1.26 bits per heavy atom. The van der Waals surface area contributed by atoms with E-state index in [2.05, 4.69) is 20.9 Å². The molecule has 1 aliphatic rings. The predicted octanol–water partition coefficient (Wildman–Crippen LogP) is 1.91. The van der Waals surface area contributed by atoms with Crippen LogP contribution >= 0.6 is 23.1 Å². The molecule has 0 saturated heterocycles. The van der Waals surface area contributed by atoms with Gasteiger partial charge in [-0.25, -0.2) is 9.78 Å². The van der Waals surface area contributed by atoms with Gasteiger partial charge in [-0.3, -0.25) is 19.2 Å². The molecule has 13 heteroatoms. The number of cyclic esters (lactones) is 1. The highest BCUT2D eigenvalue weighted by molar-refractivity contribution is 8.13. The number of allylic oxidation sites excluding steroid dienone is 1. The van der Waals surface area contributed by atoms with Crippen molar-refractivity contribution in [2.24, 2.45) is 17.6 Å². The Hall–Kier alpha value is -2.77. The lowest BCUT2D eigenvalue weighted by atomic mass is 9.99. The number of carbonyl (C=O) groups is 5. The van der Waals surface area contributed by atoms with Crippen LogP contribution in [0.5, 0.6) is 0 Å². The van der Waals surface area contributed by atoms with E-state index in [0.717, 1.165) is 11.8 Å². The van der Waals surface area contributed by atoms with Gasteiger partial charge in [0.2, 0.25) is 16.9 Å². The lowest BCUT2D eigenvalue weighted by Crippen LogP contribution is -2.59. The Morgan fingerprint density at radius 2 is 1.95 bits per heavy atom. The highest BCUT2D eigenvalue weighted by atomic mass is 32.2. The van der Waals surface area contributed by atoms with Crippen molar-refractivity contribution in [3.05, 3.63) is 28.2 Å². The van der Waals surface area contributed by atoms with E-state index in [0.29, 0.717) is 17.2 Å². The summed E-state index contributed by atoms with van der Waals surface area (Å²) in [7, 11) is 0. The molecular formula is C26H39N5O6S2. The molecule has 2 heterocycles. The zero-order valence-corrected chi connectivity index (χ0v) is 24.9. The van der Waals surface area contributed by atoms with Crippen LogP contribution in [0.1, 0.15) is 69.9 Å². The minimum Gasteiger partial charge on any atom is -0.456 e. The summed E-state index contributed by atoms with van der Waals surface area (Å²) in [4.78, 5) is 67.9. The average Bonchev–Trinajstić information content (AvgIpc) is 3.33. The van der Waals surface area contributed by atoms with Crippen molar-refractivity contribution < 1.29 is 28.7 Å². The third kappa shape index (κ3) is 10.0. The van der Waals surface area contributed by atoms with Crippen molar-refractivity contribution in [1.82, 2.24) is 20.9 Å². The van der Waals surface area contributed by atoms with Gasteiger partial charge in [0, 0.05) is 11.1 Å². The van der Waals surface area contributed by atoms with Crippen LogP contribution in [0.15, 0.2) is 17.5 Å². The van der Waals surface area contributed by atoms with Crippen molar-refractivity contribution in [1.29, 1.82) is 0 Å². The minimum absolute atomic E-state index is 0.0454. The van der Waals surface area contributed by atoms with Gasteiger partial charge in [-0.2, -0.15) is 0 Å². The van der Waals surface area contributed by atoms with Crippen LogP contribution in [0.2, 0.25) is 0 Å². The van der Waals surface area contributed by atoms with E-state index in [1.165, 1.54) is 25.2 Å². The molecule has 1 aromatic heterocycles. The number of aromatic nitrogens is 1. The second kappa shape index (κ2) is 14.6. The first kappa shape index (κ1) is 32.4. The van der Waals surface area contributed by atoms with Crippen LogP contribution in [0.4, 0.5) is 0 Å². The summed E-state index contributed by atoms with van der Waals surface area (Å²) in [6, 6.07) is -1.55. The molecule has 2 bridgehead atoms. The molecule has 216 valence electrons. The predicted molar refractivity (Wildman–Crippen MR) is 151 cm³/mol. The van der Waals surface area contributed by atoms with Gasteiger partial charge in [-0.1, -0.05) is 45.5 Å². The molecule has 0 spiro atoms. The molecule has 5 N–H and O–H groups in total. The van der Waals surface area contributed by atoms with Gasteiger partial charge in [0.05, 0.1) is 19.0 Å². The third-order valence-corrected chi connectivity index (χ3v) is 7.79. The molecule has 2 rings (SSSR count). The number of thiazole rings is 1. The first-order chi connectivity index (χ1) is 18.2. The van der Waals surface area contributed by atoms with Crippen LogP contribution in [0.25, 0.3) is 0 Å². The number of amides is 3. The highest BCUT2D eigenvalue weighted by Gasteiger charge is 2.36. The normalized spacial score (nSPS) is 21.9. The molecule has 2 unspecified atom stereocenters. The molecular weight excluding hydrogens is 542 g/mol. The van der Waals surface area contributed by atoms with Crippen LogP contribution < -0.4 is 21.7 Å².